The molecule has 1 atom stereocenters. The highest BCUT2D eigenvalue weighted by molar-refractivity contribution is 7.17. The fraction of sp³-hybridized carbons (Fsp3) is 0.529. The Morgan fingerprint density at radius 3 is 2.74 bits per heavy atom. The minimum Gasteiger partial charge on any atom is -0.315 e. The Morgan fingerprint density at radius 1 is 1.26 bits per heavy atom. The fourth-order valence-electron chi connectivity index (χ4n) is 3.01. The maximum atomic E-state index is 3.52. The van der Waals surface area contributed by atoms with E-state index in [1.54, 1.807) is 0 Å². The first kappa shape index (κ1) is 14.5. The van der Waals surface area contributed by atoms with Gasteiger partial charge in [-0.25, -0.2) is 0 Å². The molecule has 0 radical (unpaired) electrons. The van der Waals surface area contributed by atoms with Gasteiger partial charge in [-0.05, 0) is 54.1 Å². The van der Waals surface area contributed by atoms with Gasteiger partial charge < -0.3 is 5.32 Å². The first-order chi connectivity index (χ1) is 9.02. The number of fused-ring (bicyclic) bond motifs is 1. The van der Waals surface area contributed by atoms with Gasteiger partial charge in [-0.1, -0.05) is 39.0 Å². The van der Waals surface area contributed by atoms with E-state index >= 15 is 0 Å². The summed E-state index contributed by atoms with van der Waals surface area (Å²) in [7, 11) is 0. The Labute approximate surface area is 121 Å². The van der Waals surface area contributed by atoms with E-state index in [4.69, 9.17) is 0 Å². The van der Waals surface area contributed by atoms with Crippen molar-refractivity contribution < 1.29 is 0 Å². The topological polar surface area (TPSA) is 12.0 Å². The molecule has 2 heteroatoms. The van der Waals surface area contributed by atoms with E-state index in [1.807, 2.05) is 11.3 Å². The van der Waals surface area contributed by atoms with Crippen LogP contribution in [0.25, 0.3) is 10.1 Å². The zero-order chi connectivity index (χ0) is 13.9. The van der Waals surface area contributed by atoms with Crippen LogP contribution in [0.4, 0.5) is 0 Å². The molecule has 1 aromatic carbocycles. The summed E-state index contributed by atoms with van der Waals surface area (Å²) in [6.45, 7) is 10.3. The van der Waals surface area contributed by atoms with Crippen LogP contribution in [0.15, 0.2) is 29.6 Å². The Hall–Kier alpha value is -0.860. The average molecular weight is 275 g/mol. The van der Waals surface area contributed by atoms with Crippen molar-refractivity contribution >= 4 is 21.4 Å². The highest BCUT2D eigenvalue weighted by atomic mass is 32.1. The molecule has 0 fully saturated rings. The maximum Gasteiger partial charge on any atom is 0.0345 e. The van der Waals surface area contributed by atoms with Crippen molar-refractivity contribution in [2.45, 2.75) is 46.6 Å². The Morgan fingerprint density at radius 2 is 2.00 bits per heavy atom. The molecule has 0 aliphatic heterocycles. The predicted octanol–water partition coefficient (Wildman–Crippen LogP) is 4.86. The zero-order valence-corrected chi connectivity index (χ0v) is 13.3. The molecule has 0 aliphatic carbocycles. The van der Waals surface area contributed by atoms with Crippen molar-refractivity contribution in [3.8, 4) is 0 Å². The second-order valence-electron chi connectivity index (χ2n) is 6.26. The SMILES string of the molecule is CCNC(C)CC(C)(C)Cc1csc2ccccc12. The third kappa shape index (κ3) is 3.80. The molecule has 2 rings (SSSR count). The number of thiophene rings is 1. The Balaban J connectivity index is 2.11. The van der Waals surface area contributed by atoms with Crippen LogP contribution in [0.1, 0.15) is 39.7 Å². The van der Waals surface area contributed by atoms with Crippen LogP contribution in [-0.2, 0) is 6.42 Å². The molecule has 1 nitrogen and oxygen atoms in total. The molecule has 0 saturated carbocycles. The van der Waals surface area contributed by atoms with Gasteiger partial charge >= 0.3 is 0 Å². The lowest BCUT2D eigenvalue weighted by molar-refractivity contribution is 0.290. The van der Waals surface area contributed by atoms with Crippen LogP contribution >= 0.6 is 11.3 Å². The summed E-state index contributed by atoms with van der Waals surface area (Å²) in [5.74, 6) is 0. The van der Waals surface area contributed by atoms with Crippen molar-refractivity contribution in [3.63, 3.8) is 0 Å². The molecule has 0 spiro atoms. The van der Waals surface area contributed by atoms with Crippen LogP contribution in [0.2, 0.25) is 0 Å². The van der Waals surface area contributed by atoms with E-state index in [0.717, 1.165) is 13.0 Å². The van der Waals surface area contributed by atoms with Gasteiger partial charge in [0.05, 0.1) is 0 Å². The highest BCUT2D eigenvalue weighted by Crippen LogP contribution is 2.33. The van der Waals surface area contributed by atoms with Crippen LogP contribution < -0.4 is 5.32 Å². The summed E-state index contributed by atoms with van der Waals surface area (Å²) in [4.78, 5) is 0. The lowest BCUT2D eigenvalue weighted by Crippen LogP contribution is -2.32. The molecule has 1 unspecified atom stereocenters. The van der Waals surface area contributed by atoms with Gasteiger partial charge in [0.1, 0.15) is 0 Å². The van der Waals surface area contributed by atoms with Gasteiger partial charge in [0.15, 0.2) is 0 Å². The molecule has 1 N–H and O–H groups in total. The first-order valence-electron chi connectivity index (χ1n) is 7.20. The first-order valence-corrected chi connectivity index (χ1v) is 8.08. The smallest absolute Gasteiger partial charge is 0.0345 e. The van der Waals surface area contributed by atoms with Crippen molar-refractivity contribution in [2.75, 3.05) is 6.54 Å². The molecule has 19 heavy (non-hydrogen) atoms. The lowest BCUT2D eigenvalue weighted by Gasteiger charge is -2.28. The number of benzene rings is 1. The second kappa shape index (κ2) is 6.06. The van der Waals surface area contributed by atoms with Gasteiger partial charge in [0.2, 0.25) is 0 Å². The maximum absolute atomic E-state index is 3.52. The molecule has 0 aliphatic rings. The van der Waals surface area contributed by atoms with E-state index in [9.17, 15) is 0 Å². The molecular weight excluding hydrogens is 250 g/mol. The summed E-state index contributed by atoms with van der Waals surface area (Å²) in [5, 5.41) is 7.30. The van der Waals surface area contributed by atoms with Gasteiger partial charge in [0.25, 0.3) is 0 Å². The highest BCUT2D eigenvalue weighted by Gasteiger charge is 2.22. The number of hydrogen-bond acceptors (Lipinski definition) is 2. The minimum atomic E-state index is 0.339. The standard InChI is InChI=1S/C17H25NS/c1-5-18-13(2)10-17(3,4)11-14-12-19-16-9-7-6-8-15(14)16/h6-9,12-13,18H,5,10-11H2,1-4H3. The van der Waals surface area contributed by atoms with E-state index in [-0.39, 0.29) is 0 Å². The third-order valence-electron chi connectivity index (χ3n) is 3.64. The number of hydrogen-bond donors (Lipinski definition) is 1. The van der Waals surface area contributed by atoms with E-state index < -0.39 is 0 Å². The van der Waals surface area contributed by atoms with Crippen LogP contribution in [0, 0.1) is 5.41 Å². The van der Waals surface area contributed by atoms with Gasteiger partial charge in [-0.15, -0.1) is 11.3 Å². The average Bonchev–Trinajstić information content (AvgIpc) is 2.72. The third-order valence-corrected chi connectivity index (χ3v) is 4.65. The molecule has 0 amide bonds. The molecule has 1 aromatic heterocycles. The lowest BCUT2D eigenvalue weighted by atomic mass is 9.80. The zero-order valence-electron chi connectivity index (χ0n) is 12.5. The summed E-state index contributed by atoms with van der Waals surface area (Å²) >= 11 is 1.87. The molecule has 2 aromatic rings. The Kier molecular flexibility index (Phi) is 4.64. The summed E-state index contributed by atoms with van der Waals surface area (Å²) in [5.41, 5.74) is 1.85. The van der Waals surface area contributed by atoms with Gasteiger partial charge in [0, 0.05) is 10.7 Å². The predicted molar refractivity (Wildman–Crippen MR) is 87.1 cm³/mol. The normalized spacial score (nSPS) is 13.9. The van der Waals surface area contributed by atoms with E-state index in [2.05, 4.69) is 62.7 Å². The van der Waals surface area contributed by atoms with Crippen molar-refractivity contribution in [2.24, 2.45) is 5.41 Å². The van der Waals surface area contributed by atoms with E-state index in [0.29, 0.717) is 11.5 Å². The largest absolute Gasteiger partial charge is 0.315 e. The minimum absolute atomic E-state index is 0.339. The number of rotatable bonds is 6. The molecule has 0 bridgehead atoms. The van der Waals surface area contributed by atoms with Gasteiger partial charge in [-0.3, -0.25) is 0 Å². The van der Waals surface area contributed by atoms with E-state index in [1.165, 1.54) is 22.1 Å². The fourth-order valence-corrected chi connectivity index (χ4v) is 3.97. The van der Waals surface area contributed by atoms with Crippen molar-refractivity contribution in [3.05, 3.63) is 35.2 Å². The number of nitrogens with one attached hydrogen (secondary N) is 1. The second-order valence-corrected chi connectivity index (χ2v) is 7.17. The van der Waals surface area contributed by atoms with Crippen LogP contribution in [0.3, 0.4) is 0 Å². The summed E-state index contributed by atoms with van der Waals surface area (Å²) in [6.07, 6.45) is 2.37. The molecule has 104 valence electrons. The molecule has 0 saturated heterocycles. The molecular formula is C17H25NS. The molecule has 1 heterocycles. The van der Waals surface area contributed by atoms with Crippen molar-refractivity contribution in [1.29, 1.82) is 0 Å². The van der Waals surface area contributed by atoms with Crippen molar-refractivity contribution in [1.82, 2.24) is 5.32 Å². The van der Waals surface area contributed by atoms with Crippen LogP contribution in [-0.4, -0.2) is 12.6 Å². The Bertz CT molecular complexity index is 527. The van der Waals surface area contributed by atoms with Gasteiger partial charge in [-0.2, -0.15) is 0 Å². The summed E-state index contributed by atoms with van der Waals surface area (Å²) in [6, 6.07) is 9.33. The quantitative estimate of drug-likeness (QED) is 0.794. The summed E-state index contributed by atoms with van der Waals surface area (Å²) < 4.78 is 1.41. The monoisotopic (exact) mass is 275 g/mol. The van der Waals surface area contributed by atoms with Crippen LogP contribution in [0.5, 0.6) is 0 Å².